The molecule has 0 fully saturated rings. The van der Waals surface area contributed by atoms with E-state index in [-0.39, 0.29) is 17.9 Å². The lowest BCUT2D eigenvalue weighted by molar-refractivity contribution is -0.117. The predicted molar refractivity (Wildman–Crippen MR) is 85.2 cm³/mol. The number of amides is 2. The second kappa shape index (κ2) is 8.42. The highest BCUT2D eigenvalue weighted by Gasteiger charge is 2.14. The Morgan fingerprint density at radius 2 is 2.00 bits per heavy atom. The Morgan fingerprint density at radius 1 is 1.29 bits per heavy atom. The van der Waals surface area contributed by atoms with Crippen molar-refractivity contribution >= 4 is 17.5 Å². The van der Waals surface area contributed by atoms with Gasteiger partial charge in [0.2, 0.25) is 5.91 Å². The van der Waals surface area contributed by atoms with Gasteiger partial charge in [-0.25, -0.2) is 0 Å². The molecule has 0 aromatic heterocycles. The maximum absolute atomic E-state index is 11.9. The molecule has 21 heavy (non-hydrogen) atoms. The highest BCUT2D eigenvalue weighted by atomic mass is 16.2. The second-order valence-corrected chi connectivity index (χ2v) is 5.45. The van der Waals surface area contributed by atoms with Gasteiger partial charge in [-0.3, -0.25) is 9.59 Å². The standard InChI is InChI=1S/C16H25N3O2/c1-4-5-9-14(17)16(21)19-13-8-6-7-12(10-13)15(20)18-11(2)3/h6-8,10-11,14H,4-5,9,17H2,1-3H3,(H,18,20)(H,19,21). The highest BCUT2D eigenvalue weighted by Crippen LogP contribution is 2.12. The van der Waals surface area contributed by atoms with E-state index in [2.05, 4.69) is 17.6 Å². The van der Waals surface area contributed by atoms with Gasteiger partial charge in [-0.1, -0.05) is 25.8 Å². The molecule has 0 spiro atoms. The largest absolute Gasteiger partial charge is 0.350 e. The van der Waals surface area contributed by atoms with Crippen LogP contribution in [0.5, 0.6) is 0 Å². The van der Waals surface area contributed by atoms with Crippen molar-refractivity contribution in [1.29, 1.82) is 0 Å². The van der Waals surface area contributed by atoms with Gasteiger partial charge >= 0.3 is 0 Å². The Hall–Kier alpha value is -1.88. The first-order valence-electron chi connectivity index (χ1n) is 7.41. The fourth-order valence-corrected chi connectivity index (χ4v) is 1.87. The summed E-state index contributed by atoms with van der Waals surface area (Å²) >= 11 is 0. The third-order valence-electron chi connectivity index (χ3n) is 3.02. The number of hydrogen-bond donors (Lipinski definition) is 3. The van der Waals surface area contributed by atoms with Gasteiger partial charge in [0.25, 0.3) is 5.91 Å². The van der Waals surface area contributed by atoms with E-state index in [1.54, 1.807) is 24.3 Å². The zero-order valence-electron chi connectivity index (χ0n) is 13.0. The summed E-state index contributed by atoms with van der Waals surface area (Å²) in [6.45, 7) is 5.86. The summed E-state index contributed by atoms with van der Waals surface area (Å²) in [4.78, 5) is 23.9. The van der Waals surface area contributed by atoms with Gasteiger partial charge in [0.15, 0.2) is 0 Å². The molecule has 0 bridgehead atoms. The molecule has 5 nitrogen and oxygen atoms in total. The maximum atomic E-state index is 11.9. The quantitative estimate of drug-likeness (QED) is 0.720. The number of unbranched alkanes of at least 4 members (excludes halogenated alkanes) is 1. The monoisotopic (exact) mass is 291 g/mol. The van der Waals surface area contributed by atoms with Gasteiger partial charge in [0.05, 0.1) is 6.04 Å². The highest BCUT2D eigenvalue weighted by molar-refractivity contribution is 5.98. The Morgan fingerprint density at radius 3 is 2.62 bits per heavy atom. The molecule has 1 unspecified atom stereocenters. The third-order valence-corrected chi connectivity index (χ3v) is 3.02. The molecule has 0 aliphatic carbocycles. The smallest absolute Gasteiger partial charge is 0.251 e. The first-order valence-corrected chi connectivity index (χ1v) is 7.41. The van der Waals surface area contributed by atoms with Crippen LogP contribution in [0.3, 0.4) is 0 Å². The van der Waals surface area contributed by atoms with Crippen LogP contribution < -0.4 is 16.4 Å². The maximum Gasteiger partial charge on any atom is 0.251 e. The number of anilines is 1. The Kier molecular flexibility index (Phi) is 6.88. The molecule has 0 aliphatic heterocycles. The average Bonchev–Trinajstić information content (AvgIpc) is 2.44. The lowest BCUT2D eigenvalue weighted by Crippen LogP contribution is -2.35. The lowest BCUT2D eigenvalue weighted by atomic mass is 10.1. The minimum absolute atomic E-state index is 0.0678. The first-order chi connectivity index (χ1) is 9.93. The number of hydrogen-bond acceptors (Lipinski definition) is 3. The lowest BCUT2D eigenvalue weighted by Gasteiger charge is -2.13. The molecular formula is C16H25N3O2. The molecule has 0 saturated carbocycles. The van der Waals surface area contributed by atoms with E-state index in [9.17, 15) is 9.59 Å². The Balaban J connectivity index is 2.68. The van der Waals surface area contributed by atoms with Crippen LogP contribution >= 0.6 is 0 Å². The van der Waals surface area contributed by atoms with Gasteiger partial charge in [0.1, 0.15) is 0 Å². The van der Waals surface area contributed by atoms with Crippen LogP contribution in [-0.2, 0) is 4.79 Å². The molecule has 1 aromatic rings. The van der Waals surface area contributed by atoms with Crippen molar-refractivity contribution in [1.82, 2.24) is 5.32 Å². The molecule has 0 heterocycles. The summed E-state index contributed by atoms with van der Waals surface area (Å²) in [6, 6.07) is 6.40. The molecule has 0 saturated heterocycles. The molecule has 1 atom stereocenters. The topological polar surface area (TPSA) is 84.2 Å². The summed E-state index contributed by atoms with van der Waals surface area (Å²) < 4.78 is 0. The van der Waals surface area contributed by atoms with E-state index < -0.39 is 6.04 Å². The third kappa shape index (κ3) is 5.95. The van der Waals surface area contributed by atoms with E-state index in [1.165, 1.54) is 0 Å². The molecule has 1 aromatic carbocycles. The molecule has 0 radical (unpaired) electrons. The number of nitrogens with two attached hydrogens (primary N) is 1. The van der Waals surface area contributed by atoms with Crippen molar-refractivity contribution in [3.05, 3.63) is 29.8 Å². The summed E-state index contributed by atoms with van der Waals surface area (Å²) in [5.41, 5.74) is 6.93. The van der Waals surface area contributed by atoms with Crippen LogP contribution in [-0.4, -0.2) is 23.9 Å². The zero-order valence-corrected chi connectivity index (χ0v) is 13.0. The van der Waals surface area contributed by atoms with Crippen molar-refractivity contribution in [2.24, 2.45) is 5.73 Å². The van der Waals surface area contributed by atoms with Crippen LogP contribution in [0, 0.1) is 0 Å². The van der Waals surface area contributed by atoms with Gasteiger partial charge < -0.3 is 16.4 Å². The normalized spacial score (nSPS) is 12.0. The Bertz CT molecular complexity index is 486. The van der Waals surface area contributed by atoms with Crippen LogP contribution in [0.4, 0.5) is 5.69 Å². The SMILES string of the molecule is CCCCC(N)C(=O)Nc1cccc(C(=O)NC(C)C)c1. The molecule has 116 valence electrons. The van der Waals surface area contributed by atoms with E-state index in [1.807, 2.05) is 13.8 Å². The molecule has 0 aliphatic rings. The number of carbonyl (C=O) groups excluding carboxylic acids is 2. The number of carbonyl (C=O) groups is 2. The van der Waals surface area contributed by atoms with Crippen LogP contribution in [0.25, 0.3) is 0 Å². The van der Waals surface area contributed by atoms with Gasteiger partial charge in [-0.2, -0.15) is 0 Å². The fourth-order valence-electron chi connectivity index (χ4n) is 1.87. The van der Waals surface area contributed by atoms with Crippen molar-refractivity contribution in [3.63, 3.8) is 0 Å². The first kappa shape index (κ1) is 17.2. The Labute approximate surface area is 126 Å². The predicted octanol–water partition coefficient (Wildman–Crippen LogP) is 2.28. The average molecular weight is 291 g/mol. The number of rotatable bonds is 7. The van der Waals surface area contributed by atoms with Crippen molar-refractivity contribution < 1.29 is 9.59 Å². The fraction of sp³-hybridized carbons (Fsp3) is 0.500. The summed E-state index contributed by atoms with van der Waals surface area (Å²) in [5.74, 6) is -0.374. The van der Waals surface area contributed by atoms with E-state index >= 15 is 0 Å². The molecular weight excluding hydrogens is 266 g/mol. The van der Waals surface area contributed by atoms with Crippen molar-refractivity contribution in [2.45, 2.75) is 52.1 Å². The van der Waals surface area contributed by atoms with Crippen LogP contribution in [0.15, 0.2) is 24.3 Å². The molecule has 5 heteroatoms. The molecule has 2 amide bonds. The number of benzene rings is 1. The van der Waals surface area contributed by atoms with E-state index in [0.717, 1.165) is 12.8 Å². The van der Waals surface area contributed by atoms with Crippen molar-refractivity contribution in [2.75, 3.05) is 5.32 Å². The summed E-state index contributed by atoms with van der Waals surface area (Å²) in [6.07, 6.45) is 2.59. The zero-order chi connectivity index (χ0) is 15.8. The van der Waals surface area contributed by atoms with Gasteiger partial charge in [-0.15, -0.1) is 0 Å². The van der Waals surface area contributed by atoms with E-state index in [0.29, 0.717) is 17.7 Å². The van der Waals surface area contributed by atoms with Gasteiger partial charge in [-0.05, 0) is 38.5 Å². The number of nitrogens with one attached hydrogen (secondary N) is 2. The van der Waals surface area contributed by atoms with Crippen molar-refractivity contribution in [3.8, 4) is 0 Å². The minimum atomic E-state index is -0.516. The van der Waals surface area contributed by atoms with Crippen LogP contribution in [0.2, 0.25) is 0 Å². The second-order valence-electron chi connectivity index (χ2n) is 5.45. The summed E-state index contributed by atoms with van der Waals surface area (Å²) in [7, 11) is 0. The van der Waals surface area contributed by atoms with Crippen LogP contribution in [0.1, 0.15) is 50.4 Å². The summed E-state index contributed by atoms with van der Waals surface area (Å²) in [5, 5.41) is 5.57. The van der Waals surface area contributed by atoms with Gasteiger partial charge in [0, 0.05) is 17.3 Å². The molecule has 1 rings (SSSR count). The minimum Gasteiger partial charge on any atom is -0.350 e. The molecule has 4 N–H and O–H groups in total. The van der Waals surface area contributed by atoms with E-state index in [4.69, 9.17) is 5.73 Å².